The predicted molar refractivity (Wildman–Crippen MR) is 111 cm³/mol. The summed E-state index contributed by atoms with van der Waals surface area (Å²) in [7, 11) is -3.46. The van der Waals surface area contributed by atoms with E-state index in [1.165, 1.54) is 24.6 Å². The highest BCUT2D eigenvalue weighted by atomic mass is 32.2. The largest absolute Gasteiger partial charge is 0.316 e. The van der Waals surface area contributed by atoms with Gasteiger partial charge in [0.1, 0.15) is 5.78 Å². The zero-order valence-electron chi connectivity index (χ0n) is 16.3. The van der Waals surface area contributed by atoms with Crippen molar-refractivity contribution in [3.8, 4) is 0 Å². The first-order chi connectivity index (χ1) is 13.5. The quantitative estimate of drug-likeness (QED) is 0.632. The second-order valence-electron chi connectivity index (χ2n) is 7.65. The predicted octanol–water partition coefficient (Wildman–Crippen LogP) is 4.01. The summed E-state index contributed by atoms with van der Waals surface area (Å²) in [6.07, 6.45) is 6.97. The Kier molecular flexibility index (Phi) is 5.81. The van der Waals surface area contributed by atoms with Crippen LogP contribution in [0.2, 0.25) is 0 Å². The summed E-state index contributed by atoms with van der Waals surface area (Å²) in [5.41, 5.74) is 1.68. The van der Waals surface area contributed by atoms with Crippen LogP contribution in [0, 0.1) is 0 Å². The third-order valence-electron chi connectivity index (χ3n) is 5.78. The molecule has 0 spiro atoms. The Balaban J connectivity index is 1.73. The number of aromatic nitrogens is 2. The number of benzene rings is 1. The Hall–Kier alpha value is -1.38. The molecule has 28 heavy (non-hydrogen) atoms. The van der Waals surface area contributed by atoms with Gasteiger partial charge in [-0.1, -0.05) is 31.5 Å². The molecule has 1 saturated heterocycles. The molecule has 2 heterocycles. The van der Waals surface area contributed by atoms with E-state index in [-0.39, 0.29) is 5.78 Å². The Morgan fingerprint density at radius 2 is 1.89 bits per heavy atom. The normalized spacial score (nSPS) is 19.0. The van der Waals surface area contributed by atoms with Gasteiger partial charge >= 0.3 is 0 Å². The zero-order chi connectivity index (χ0) is 19.7. The van der Waals surface area contributed by atoms with Crippen molar-refractivity contribution in [1.82, 2.24) is 13.9 Å². The molecule has 0 unspecified atom stereocenters. The summed E-state index contributed by atoms with van der Waals surface area (Å²) in [4.78, 5) is 16.9. The van der Waals surface area contributed by atoms with Gasteiger partial charge in [-0.2, -0.15) is 4.31 Å². The van der Waals surface area contributed by atoms with E-state index in [0.717, 1.165) is 36.4 Å². The molecule has 2 aliphatic rings. The van der Waals surface area contributed by atoms with E-state index in [1.807, 2.05) is 13.0 Å². The summed E-state index contributed by atoms with van der Waals surface area (Å²) < 4.78 is 29.6. The van der Waals surface area contributed by atoms with Crippen molar-refractivity contribution < 1.29 is 13.2 Å². The third kappa shape index (κ3) is 3.74. The zero-order valence-corrected chi connectivity index (χ0v) is 17.9. The van der Waals surface area contributed by atoms with Crippen molar-refractivity contribution in [2.24, 2.45) is 0 Å². The lowest BCUT2D eigenvalue weighted by atomic mass is 10.2. The van der Waals surface area contributed by atoms with Crippen molar-refractivity contribution in [1.29, 1.82) is 0 Å². The molecule has 1 aromatic heterocycles. The Morgan fingerprint density at radius 1 is 1.18 bits per heavy atom. The minimum atomic E-state index is -3.46. The van der Waals surface area contributed by atoms with Crippen LogP contribution in [0.15, 0.2) is 28.3 Å². The molecule has 1 aromatic carbocycles. The number of thioether (sulfide) groups is 1. The molecule has 2 aromatic rings. The maximum atomic E-state index is 12.9. The molecule has 0 radical (unpaired) electrons. The van der Waals surface area contributed by atoms with Gasteiger partial charge in [0.2, 0.25) is 10.0 Å². The smallest absolute Gasteiger partial charge is 0.243 e. The lowest BCUT2D eigenvalue weighted by molar-refractivity contribution is -0.116. The Bertz CT molecular complexity index is 972. The SMILES string of the molecule is CCC(=O)CSc1nc2cc(S(=O)(=O)N3CCCC3)ccc2n1C1CCCC1. The van der Waals surface area contributed by atoms with Crippen molar-refractivity contribution >= 4 is 38.6 Å². The molecule has 0 amide bonds. The molecule has 0 N–H and O–H groups in total. The van der Waals surface area contributed by atoms with Crippen LogP contribution in [-0.4, -0.2) is 46.9 Å². The molecule has 8 heteroatoms. The van der Waals surface area contributed by atoms with Gasteiger partial charge < -0.3 is 4.57 Å². The topological polar surface area (TPSA) is 72.3 Å². The van der Waals surface area contributed by atoms with E-state index < -0.39 is 10.0 Å². The molecule has 0 atom stereocenters. The number of imidazole rings is 1. The minimum Gasteiger partial charge on any atom is -0.316 e. The lowest BCUT2D eigenvalue weighted by Crippen LogP contribution is -2.27. The summed E-state index contributed by atoms with van der Waals surface area (Å²) in [6.45, 7) is 3.06. The van der Waals surface area contributed by atoms with Crippen LogP contribution in [0.3, 0.4) is 0 Å². The van der Waals surface area contributed by atoms with Crippen molar-refractivity contribution in [2.75, 3.05) is 18.8 Å². The summed E-state index contributed by atoms with van der Waals surface area (Å²) in [5.74, 6) is 0.609. The first-order valence-electron chi connectivity index (χ1n) is 10.2. The first-order valence-corrected chi connectivity index (χ1v) is 12.6. The fraction of sp³-hybridized carbons (Fsp3) is 0.600. The average molecular weight is 422 g/mol. The highest BCUT2D eigenvalue weighted by Gasteiger charge is 2.29. The number of fused-ring (bicyclic) bond motifs is 1. The average Bonchev–Trinajstić information content (AvgIpc) is 3.45. The number of sulfonamides is 1. The number of carbonyl (C=O) groups is 1. The van der Waals surface area contributed by atoms with Crippen LogP contribution in [0.4, 0.5) is 0 Å². The van der Waals surface area contributed by atoms with Crippen LogP contribution in [0.5, 0.6) is 0 Å². The van der Waals surface area contributed by atoms with Crippen molar-refractivity contribution in [2.45, 2.75) is 68.0 Å². The fourth-order valence-corrected chi connectivity index (χ4v) is 6.74. The fourth-order valence-electron chi connectivity index (χ4n) is 4.16. The molecule has 0 bridgehead atoms. The first kappa shape index (κ1) is 19.9. The van der Waals surface area contributed by atoms with Gasteiger partial charge in [0, 0.05) is 25.6 Å². The second kappa shape index (κ2) is 8.16. The lowest BCUT2D eigenvalue weighted by Gasteiger charge is -2.17. The van der Waals surface area contributed by atoms with Gasteiger partial charge in [-0.25, -0.2) is 13.4 Å². The van der Waals surface area contributed by atoms with Crippen LogP contribution in [0.25, 0.3) is 11.0 Å². The number of carbonyl (C=O) groups excluding carboxylic acids is 1. The standard InChI is InChI=1S/C20H27N3O3S2/c1-2-16(24)14-27-20-21-18-13-17(28(25,26)22-11-5-6-12-22)9-10-19(18)23(20)15-7-3-4-8-15/h9-10,13,15H,2-8,11-12,14H2,1H3. The number of rotatable bonds is 7. The van der Waals surface area contributed by atoms with Gasteiger partial charge in [-0.15, -0.1) is 0 Å². The summed E-state index contributed by atoms with van der Waals surface area (Å²) in [5, 5.41) is 0.833. The van der Waals surface area contributed by atoms with Crippen LogP contribution in [-0.2, 0) is 14.8 Å². The number of Topliss-reactive ketones (excluding diaryl/α,β-unsaturated/α-hetero) is 1. The van der Waals surface area contributed by atoms with Gasteiger partial charge in [-0.3, -0.25) is 4.79 Å². The van der Waals surface area contributed by atoms with Crippen LogP contribution in [0.1, 0.15) is 57.9 Å². The summed E-state index contributed by atoms with van der Waals surface area (Å²) in [6, 6.07) is 5.70. The number of ketones is 1. The molecule has 152 valence electrons. The van der Waals surface area contributed by atoms with E-state index in [1.54, 1.807) is 16.4 Å². The highest BCUT2D eigenvalue weighted by molar-refractivity contribution is 7.99. The van der Waals surface area contributed by atoms with E-state index in [0.29, 0.717) is 41.7 Å². The molecule has 6 nitrogen and oxygen atoms in total. The minimum absolute atomic E-state index is 0.201. The maximum Gasteiger partial charge on any atom is 0.243 e. The molecular weight excluding hydrogens is 394 g/mol. The maximum absolute atomic E-state index is 12.9. The van der Waals surface area contributed by atoms with Crippen molar-refractivity contribution in [3.05, 3.63) is 18.2 Å². The van der Waals surface area contributed by atoms with E-state index in [4.69, 9.17) is 4.98 Å². The molecule has 1 saturated carbocycles. The Labute approximate surface area is 170 Å². The molecule has 2 fully saturated rings. The number of hydrogen-bond donors (Lipinski definition) is 0. The molecule has 1 aliphatic carbocycles. The summed E-state index contributed by atoms with van der Waals surface area (Å²) >= 11 is 1.47. The van der Waals surface area contributed by atoms with Gasteiger partial charge in [-0.05, 0) is 43.9 Å². The number of hydrogen-bond acceptors (Lipinski definition) is 5. The van der Waals surface area contributed by atoms with Gasteiger partial charge in [0.25, 0.3) is 0 Å². The van der Waals surface area contributed by atoms with E-state index >= 15 is 0 Å². The molecular formula is C20H27N3O3S2. The molecule has 1 aliphatic heterocycles. The van der Waals surface area contributed by atoms with Crippen LogP contribution < -0.4 is 0 Å². The number of nitrogens with zero attached hydrogens (tertiary/aromatic N) is 3. The highest BCUT2D eigenvalue weighted by Crippen LogP contribution is 2.37. The van der Waals surface area contributed by atoms with E-state index in [9.17, 15) is 13.2 Å². The van der Waals surface area contributed by atoms with Crippen LogP contribution >= 0.6 is 11.8 Å². The van der Waals surface area contributed by atoms with Gasteiger partial charge in [0.05, 0.1) is 21.7 Å². The second-order valence-corrected chi connectivity index (χ2v) is 10.5. The molecule has 4 rings (SSSR count). The van der Waals surface area contributed by atoms with E-state index in [2.05, 4.69) is 4.57 Å². The Morgan fingerprint density at radius 3 is 2.57 bits per heavy atom. The van der Waals surface area contributed by atoms with Gasteiger partial charge in [0.15, 0.2) is 5.16 Å². The monoisotopic (exact) mass is 421 g/mol. The third-order valence-corrected chi connectivity index (χ3v) is 8.68. The van der Waals surface area contributed by atoms with Crippen molar-refractivity contribution in [3.63, 3.8) is 0 Å².